The third-order valence-corrected chi connectivity index (χ3v) is 2.95. The van der Waals surface area contributed by atoms with Crippen molar-refractivity contribution in [2.45, 2.75) is 6.54 Å². The minimum absolute atomic E-state index is 0.146. The fourth-order valence-electron chi connectivity index (χ4n) is 1.32. The van der Waals surface area contributed by atoms with Gasteiger partial charge in [-0.3, -0.25) is 4.79 Å². The number of rotatable bonds is 3. The van der Waals surface area contributed by atoms with Crippen molar-refractivity contribution in [3.8, 4) is 0 Å². The first-order valence-corrected chi connectivity index (χ1v) is 6.04. The van der Waals surface area contributed by atoms with E-state index in [1.54, 1.807) is 17.0 Å². The number of amides is 1. The SMILES string of the molecule is O=C(Cn1ccnc1Cl)Nc1ccc(Br)cc1. The van der Waals surface area contributed by atoms with Crippen LogP contribution in [0.3, 0.4) is 0 Å². The molecule has 0 aliphatic carbocycles. The van der Waals surface area contributed by atoms with Gasteiger partial charge in [-0.2, -0.15) is 0 Å². The Morgan fingerprint density at radius 3 is 2.71 bits per heavy atom. The van der Waals surface area contributed by atoms with Crippen LogP contribution in [0.1, 0.15) is 0 Å². The lowest BCUT2D eigenvalue weighted by atomic mass is 10.3. The van der Waals surface area contributed by atoms with E-state index < -0.39 is 0 Å². The van der Waals surface area contributed by atoms with Crippen molar-refractivity contribution in [2.75, 3.05) is 5.32 Å². The van der Waals surface area contributed by atoms with Crippen molar-refractivity contribution < 1.29 is 4.79 Å². The Morgan fingerprint density at radius 2 is 2.12 bits per heavy atom. The topological polar surface area (TPSA) is 46.9 Å². The lowest BCUT2D eigenvalue weighted by Gasteiger charge is -2.06. The molecule has 17 heavy (non-hydrogen) atoms. The number of halogens is 2. The molecule has 2 rings (SSSR count). The van der Waals surface area contributed by atoms with E-state index in [-0.39, 0.29) is 12.5 Å². The quantitative estimate of drug-likeness (QED) is 0.947. The second kappa shape index (κ2) is 5.33. The number of imidazole rings is 1. The summed E-state index contributed by atoms with van der Waals surface area (Å²) in [6.45, 7) is 0.148. The van der Waals surface area contributed by atoms with E-state index in [2.05, 4.69) is 26.2 Å². The summed E-state index contributed by atoms with van der Waals surface area (Å²) < 4.78 is 2.53. The van der Waals surface area contributed by atoms with Crippen LogP contribution in [0.25, 0.3) is 0 Å². The van der Waals surface area contributed by atoms with Crippen molar-refractivity contribution in [2.24, 2.45) is 0 Å². The lowest BCUT2D eigenvalue weighted by Crippen LogP contribution is -2.18. The Bertz CT molecular complexity index is 524. The van der Waals surface area contributed by atoms with Crippen molar-refractivity contribution in [3.05, 3.63) is 46.4 Å². The Kier molecular flexibility index (Phi) is 3.81. The number of carbonyl (C=O) groups is 1. The van der Waals surface area contributed by atoms with Crippen LogP contribution in [0.5, 0.6) is 0 Å². The summed E-state index contributed by atoms with van der Waals surface area (Å²) in [5, 5.41) is 3.07. The van der Waals surface area contributed by atoms with E-state index >= 15 is 0 Å². The zero-order chi connectivity index (χ0) is 12.3. The van der Waals surface area contributed by atoms with Crippen LogP contribution >= 0.6 is 27.5 Å². The highest BCUT2D eigenvalue weighted by Crippen LogP contribution is 2.14. The molecule has 1 amide bonds. The molecule has 0 saturated heterocycles. The number of benzene rings is 1. The zero-order valence-corrected chi connectivity index (χ0v) is 11.1. The standard InChI is InChI=1S/C11H9BrClN3O/c12-8-1-3-9(4-2-8)15-10(17)7-16-6-5-14-11(16)13/h1-6H,7H2,(H,15,17). The molecule has 6 heteroatoms. The summed E-state index contributed by atoms with van der Waals surface area (Å²) in [4.78, 5) is 15.5. The number of carbonyl (C=O) groups excluding carboxylic acids is 1. The smallest absolute Gasteiger partial charge is 0.244 e. The average Bonchev–Trinajstić information content (AvgIpc) is 2.68. The molecular formula is C11H9BrClN3O. The van der Waals surface area contributed by atoms with Gasteiger partial charge in [-0.25, -0.2) is 4.98 Å². The van der Waals surface area contributed by atoms with E-state index in [1.165, 1.54) is 0 Å². The third-order valence-electron chi connectivity index (χ3n) is 2.11. The molecule has 1 N–H and O–H groups in total. The molecule has 1 aromatic heterocycles. The van der Waals surface area contributed by atoms with Crippen molar-refractivity contribution >= 4 is 39.1 Å². The van der Waals surface area contributed by atoms with E-state index in [9.17, 15) is 4.79 Å². The predicted molar refractivity (Wildman–Crippen MR) is 70.0 cm³/mol. The molecule has 0 spiro atoms. The molecule has 4 nitrogen and oxygen atoms in total. The van der Waals surface area contributed by atoms with Crippen LogP contribution in [0, 0.1) is 0 Å². The van der Waals surface area contributed by atoms with E-state index in [0.717, 1.165) is 10.2 Å². The van der Waals surface area contributed by atoms with Crippen LogP contribution < -0.4 is 5.32 Å². The largest absolute Gasteiger partial charge is 0.325 e. The molecule has 88 valence electrons. The highest BCUT2D eigenvalue weighted by atomic mass is 79.9. The highest BCUT2D eigenvalue weighted by molar-refractivity contribution is 9.10. The molecule has 1 heterocycles. The van der Waals surface area contributed by atoms with E-state index in [0.29, 0.717) is 5.28 Å². The van der Waals surface area contributed by atoms with Crippen molar-refractivity contribution in [3.63, 3.8) is 0 Å². The molecule has 0 aliphatic rings. The van der Waals surface area contributed by atoms with Gasteiger partial charge in [0.05, 0.1) is 0 Å². The first-order chi connectivity index (χ1) is 8.15. The van der Waals surface area contributed by atoms with Crippen LogP contribution in [0.4, 0.5) is 5.69 Å². The monoisotopic (exact) mass is 313 g/mol. The summed E-state index contributed by atoms with van der Waals surface area (Å²) in [6, 6.07) is 7.36. The van der Waals surface area contributed by atoms with Gasteiger partial charge in [0.1, 0.15) is 6.54 Å². The zero-order valence-electron chi connectivity index (χ0n) is 8.73. The second-order valence-electron chi connectivity index (χ2n) is 3.38. The Balaban J connectivity index is 1.98. The van der Waals surface area contributed by atoms with Crippen molar-refractivity contribution in [1.82, 2.24) is 9.55 Å². The van der Waals surface area contributed by atoms with Gasteiger partial charge in [0.15, 0.2) is 0 Å². The molecule has 2 aromatic rings. The van der Waals surface area contributed by atoms with Gasteiger partial charge in [-0.1, -0.05) is 15.9 Å². The second-order valence-corrected chi connectivity index (χ2v) is 4.63. The first-order valence-electron chi connectivity index (χ1n) is 4.87. The number of anilines is 1. The summed E-state index contributed by atoms with van der Waals surface area (Å²) in [5.74, 6) is -0.146. The molecule has 1 aromatic carbocycles. The van der Waals surface area contributed by atoms with Gasteiger partial charge in [-0.15, -0.1) is 0 Å². The summed E-state index contributed by atoms with van der Waals surface area (Å²) >= 11 is 9.10. The highest BCUT2D eigenvalue weighted by Gasteiger charge is 2.06. The maximum atomic E-state index is 11.7. The van der Waals surface area contributed by atoms with Crippen LogP contribution in [0.15, 0.2) is 41.1 Å². The Hall–Kier alpha value is -1.33. The number of hydrogen-bond acceptors (Lipinski definition) is 2. The number of nitrogens with one attached hydrogen (secondary N) is 1. The molecule has 0 radical (unpaired) electrons. The summed E-state index contributed by atoms with van der Waals surface area (Å²) in [7, 11) is 0. The third kappa shape index (κ3) is 3.31. The van der Waals surface area contributed by atoms with Crippen LogP contribution in [0.2, 0.25) is 5.28 Å². The van der Waals surface area contributed by atoms with E-state index in [4.69, 9.17) is 11.6 Å². The van der Waals surface area contributed by atoms with Gasteiger partial charge >= 0.3 is 0 Å². The van der Waals surface area contributed by atoms with Crippen molar-refractivity contribution in [1.29, 1.82) is 0 Å². The number of nitrogens with zero attached hydrogens (tertiary/aromatic N) is 2. The fraction of sp³-hybridized carbons (Fsp3) is 0.0909. The minimum Gasteiger partial charge on any atom is -0.325 e. The van der Waals surface area contributed by atoms with Gasteiger partial charge in [-0.05, 0) is 35.9 Å². The Labute approximate surface area is 112 Å². The van der Waals surface area contributed by atoms with E-state index in [1.807, 2.05) is 24.3 Å². The average molecular weight is 315 g/mol. The molecule has 0 fully saturated rings. The number of hydrogen-bond donors (Lipinski definition) is 1. The first kappa shape index (κ1) is 12.1. The predicted octanol–water partition coefficient (Wildman–Crippen LogP) is 2.94. The minimum atomic E-state index is -0.146. The maximum Gasteiger partial charge on any atom is 0.244 e. The maximum absolute atomic E-state index is 11.7. The summed E-state index contributed by atoms with van der Waals surface area (Å²) in [5.41, 5.74) is 0.745. The molecular weight excluding hydrogens is 305 g/mol. The summed E-state index contributed by atoms with van der Waals surface area (Å²) in [6.07, 6.45) is 3.21. The molecule has 0 saturated carbocycles. The van der Waals surface area contributed by atoms with Crippen LogP contribution in [-0.4, -0.2) is 15.5 Å². The number of aromatic nitrogens is 2. The molecule has 0 atom stereocenters. The van der Waals surface area contributed by atoms with Gasteiger partial charge in [0.2, 0.25) is 11.2 Å². The lowest BCUT2D eigenvalue weighted by molar-refractivity contribution is -0.116. The van der Waals surface area contributed by atoms with Gasteiger partial charge in [0, 0.05) is 22.6 Å². The van der Waals surface area contributed by atoms with Crippen LogP contribution in [-0.2, 0) is 11.3 Å². The van der Waals surface area contributed by atoms with Gasteiger partial charge < -0.3 is 9.88 Å². The fourth-order valence-corrected chi connectivity index (χ4v) is 1.75. The normalized spacial score (nSPS) is 10.2. The molecule has 0 unspecified atom stereocenters. The van der Waals surface area contributed by atoms with Gasteiger partial charge in [0.25, 0.3) is 0 Å². The molecule has 0 bridgehead atoms. The molecule has 0 aliphatic heterocycles. The Morgan fingerprint density at radius 1 is 1.41 bits per heavy atom.